The van der Waals surface area contributed by atoms with E-state index < -0.39 is 10.0 Å². The molecule has 0 aliphatic rings. The van der Waals surface area contributed by atoms with Crippen molar-refractivity contribution in [2.45, 2.75) is 18.4 Å². The number of anilines is 1. The first-order chi connectivity index (χ1) is 9.46. The van der Waals surface area contributed by atoms with Gasteiger partial charge in [0, 0.05) is 11.9 Å². The second-order valence-corrected chi connectivity index (χ2v) is 6.60. The first-order valence-corrected chi connectivity index (χ1v) is 8.14. The summed E-state index contributed by atoms with van der Waals surface area (Å²) in [7, 11) is -2.34. The predicted octanol–water partition coefficient (Wildman–Crippen LogP) is 1.72. The van der Waals surface area contributed by atoms with Gasteiger partial charge in [0.25, 0.3) is 10.0 Å². The molecule has 0 radical (unpaired) electrons. The average Bonchev–Trinajstić information content (AvgIpc) is 2.82. The molecular weight excluding hydrogens is 298 g/mol. The van der Waals surface area contributed by atoms with Crippen molar-refractivity contribution in [2.75, 3.05) is 11.8 Å². The van der Waals surface area contributed by atoms with Gasteiger partial charge in [-0.3, -0.25) is 4.72 Å². The third kappa shape index (κ3) is 3.09. The lowest BCUT2D eigenvalue weighted by molar-refractivity contribution is 0.402. The van der Waals surface area contributed by atoms with E-state index in [0.717, 1.165) is 5.69 Å². The maximum Gasteiger partial charge on any atom is 0.267 e. The van der Waals surface area contributed by atoms with Gasteiger partial charge in [-0.2, -0.15) is 0 Å². The minimum absolute atomic E-state index is 0.0517. The third-order valence-electron chi connectivity index (χ3n) is 2.59. The molecule has 0 bridgehead atoms. The molecule has 0 fully saturated rings. The van der Waals surface area contributed by atoms with Crippen molar-refractivity contribution in [1.82, 2.24) is 4.98 Å². The summed E-state index contributed by atoms with van der Waals surface area (Å²) in [4.78, 5) is 4.13. The Kier molecular flexibility index (Phi) is 4.26. The zero-order valence-electron chi connectivity index (χ0n) is 11.1. The van der Waals surface area contributed by atoms with Gasteiger partial charge in [0.2, 0.25) is 0 Å². The Bertz CT molecular complexity index is 710. The molecular formula is C12H15N3O3S2. The minimum Gasteiger partial charge on any atom is -0.495 e. The summed E-state index contributed by atoms with van der Waals surface area (Å²) in [6, 6.07) is 4.82. The highest BCUT2D eigenvalue weighted by molar-refractivity contribution is 7.93. The Morgan fingerprint density at radius 1 is 1.45 bits per heavy atom. The van der Waals surface area contributed by atoms with Crippen LogP contribution in [0.1, 0.15) is 11.3 Å². The molecule has 3 N–H and O–H groups in total. The number of thiazole rings is 1. The van der Waals surface area contributed by atoms with E-state index in [1.54, 1.807) is 24.4 Å². The van der Waals surface area contributed by atoms with E-state index >= 15 is 0 Å². The SMILES string of the molecule is COc1ccc(CN)cc1S(=O)(=O)Nc1nc(C)cs1. The van der Waals surface area contributed by atoms with Gasteiger partial charge in [-0.25, -0.2) is 13.4 Å². The Morgan fingerprint density at radius 2 is 2.20 bits per heavy atom. The molecule has 20 heavy (non-hydrogen) atoms. The van der Waals surface area contributed by atoms with Crippen LogP contribution in [0.25, 0.3) is 0 Å². The minimum atomic E-state index is -3.76. The van der Waals surface area contributed by atoms with Crippen molar-refractivity contribution in [3.8, 4) is 5.75 Å². The van der Waals surface area contributed by atoms with Crippen molar-refractivity contribution in [2.24, 2.45) is 5.73 Å². The molecule has 2 aromatic rings. The Labute approximate surface area is 121 Å². The Hall–Kier alpha value is -1.64. The average molecular weight is 313 g/mol. The van der Waals surface area contributed by atoms with E-state index in [1.165, 1.54) is 24.5 Å². The number of hydrogen-bond donors (Lipinski definition) is 2. The summed E-state index contributed by atoms with van der Waals surface area (Å²) in [6.07, 6.45) is 0. The number of nitrogens with zero attached hydrogens (tertiary/aromatic N) is 1. The van der Waals surface area contributed by atoms with Crippen LogP contribution in [0.2, 0.25) is 0 Å². The predicted molar refractivity (Wildman–Crippen MR) is 78.5 cm³/mol. The summed E-state index contributed by atoms with van der Waals surface area (Å²) < 4.78 is 32.3. The zero-order valence-corrected chi connectivity index (χ0v) is 12.7. The Morgan fingerprint density at radius 3 is 2.75 bits per heavy atom. The number of sulfonamides is 1. The number of aryl methyl sites for hydroxylation is 1. The molecule has 0 amide bonds. The van der Waals surface area contributed by atoms with Gasteiger partial charge in [-0.05, 0) is 24.6 Å². The lowest BCUT2D eigenvalue weighted by atomic mass is 10.2. The number of benzene rings is 1. The standard InChI is InChI=1S/C12H15N3O3S2/c1-8-7-19-12(14-8)15-20(16,17)11-5-9(6-13)3-4-10(11)18-2/h3-5,7H,6,13H2,1-2H3,(H,14,15). The summed E-state index contributed by atoms with van der Waals surface area (Å²) in [6.45, 7) is 2.05. The number of aromatic nitrogens is 1. The highest BCUT2D eigenvalue weighted by atomic mass is 32.2. The van der Waals surface area contributed by atoms with E-state index in [-0.39, 0.29) is 17.2 Å². The first kappa shape index (κ1) is 14.8. The molecule has 8 heteroatoms. The molecule has 0 unspecified atom stereocenters. The van der Waals surface area contributed by atoms with Crippen molar-refractivity contribution >= 4 is 26.5 Å². The summed E-state index contributed by atoms with van der Waals surface area (Å²) in [5.74, 6) is 0.267. The maximum atomic E-state index is 12.4. The smallest absolute Gasteiger partial charge is 0.267 e. The van der Waals surface area contributed by atoms with Gasteiger partial charge in [0.15, 0.2) is 5.13 Å². The zero-order chi connectivity index (χ0) is 14.8. The molecule has 2 rings (SSSR count). The van der Waals surface area contributed by atoms with Crippen LogP contribution < -0.4 is 15.2 Å². The van der Waals surface area contributed by atoms with Crippen molar-refractivity contribution in [3.05, 3.63) is 34.8 Å². The van der Waals surface area contributed by atoms with Crippen LogP contribution in [-0.4, -0.2) is 20.5 Å². The number of ether oxygens (including phenoxy) is 1. The molecule has 0 aliphatic carbocycles. The number of nitrogens with one attached hydrogen (secondary N) is 1. The fourth-order valence-corrected chi connectivity index (χ4v) is 3.79. The normalized spacial score (nSPS) is 11.3. The Balaban J connectivity index is 2.42. The lowest BCUT2D eigenvalue weighted by Gasteiger charge is -2.11. The fourth-order valence-electron chi connectivity index (χ4n) is 1.63. The summed E-state index contributed by atoms with van der Waals surface area (Å²) in [5, 5.41) is 2.09. The molecule has 0 aliphatic heterocycles. The number of rotatable bonds is 5. The largest absolute Gasteiger partial charge is 0.495 e. The topological polar surface area (TPSA) is 94.3 Å². The molecule has 6 nitrogen and oxygen atoms in total. The van der Waals surface area contributed by atoms with E-state index in [1.807, 2.05) is 0 Å². The van der Waals surface area contributed by atoms with Crippen LogP contribution in [0.15, 0.2) is 28.5 Å². The second kappa shape index (κ2) is 5.78. The van der Waals surface area contributed by atoms with Crippen LogP contribution in [0.5, 0.6) is 5.75 Å². The van der Waals surface area contributed by atoms with Crippen molar-refractivity contribution < 1.29 is 13.2 Å². The van der Waals surface area contributed by atoms with Gasteiger partial charge in [0.1, 0.15) is 10.6 Å². The van der Waals surface area contributed by atoms with E-state index in [0.29, 0.717) is 10.7 Å². The highest BCUT2D eigenvalue weighted by Gasteiger charge is 2.21. The number of nitrogens with two attached hydrogens (primary N) is 1. The van der Waals surface area contributed by atoms with Crippen molar-refractivity contribution in [1.29, 1.82) is 0 Å². The molecule has 1 aromatic carbocycles. The van der Waals surface area contributed by atoms with Crippen LogP contribution in [0, 0.1) is 6.92 Å². The van der Waals surface area contributed by atoms with E-state index in [4.69, 9.17) is 10.5 Å². The van der Waals surface area contributed by atoms with Crippen molar-refractivity contribution in [3.63, 3.8) is 0 Å². The van der Waals surface area contributed by atoms with Crippen LogP contribution in [-0.2, 0) is 16.6 Å². The van der Waals surface area contributed by atoms with Gasteiger partial charge in [0.05, 0.1) is 12.8 Å². The van der Waals surface area contributed by atoms with Gasteiger partial charge in [-0.15, -0.1) is 11.3 Å². The summed E-state index contributed by atoms with van der Waals surface area (Å²) >= 11 is 1.23. The fraction of sp³-hybridized carbons (Fsp3) is 0.250. The van der Waals surface area contributed by atoms with E-state index in [9.17, 15) is 8.42 Å². The molecule has 0 atom stereocenters. The maximum absolute atomic E-state index is 12.4. The third-order valence-corrected chi connectivity index (χ3v) is 4.96. The van der Waals surface area contributed by atoms with Gasteiger partial charge in [-0.1, -0.05) is 6.07 Å². The van der Waals surface area contributed by atoms with Crippen LogP contribution in [0.4, 0.5) is 5.13 Å². The molecule has 1 aromatic heterocycles. The van der Waals surface area contributed by atoms with Gasteiger partial charge < -0.3 is 10.5 Å². The van der Waals surface area contributed by atoms with E-state index in [2.05, 4.69) is 9.71 Å². The molecule has 108 valence electrons. The monoisotopic (exact) mass is 313 g/mol. The molecule has 0 saturated carbocycles. The first-order valence-electron chi connectivity index (χ1n) is 5.78. The summed E-state index contributed by atoms with van der Waals surface area (Å²) in [5.41, 5.74) is 7.01. The molecule has 0 spiro atoms. The molecule has 0 saturated heterocycles. The van der Waals surface area contributed by atoms with Crippen LogP contribution >= 0.6 is 11.3 Å². The number of hydrogen-bond acceptors (Lipinski definition) is 6. The lowest BCUT2D eigenvalue weighted by Crippen LogP contribution is -2.14. The second-order valence-electron chi connectivity index (χ2n) is 4.09. The molecule has 1 heterocycles. The highest BCUT2D eigenvalue weighted by Crippen LogP contribution is 2.27. The van der Waals surface area contributed by atoms with Crippen LogP contribution in [0.3, 0.4) is 0 Å². The number of methoxy groups -OCH3 is 1. The van der Waals surface area contributed by atoms with Gasteiger partial charge >= 0.3 is 0 Å². The quantitative estimate of drug-likeness (QED) is 0.876.